The van der Waals surface area contributed by atoms with E-state index in [1.165, 1.54) is 29.0 Å². The second kappa shape index (κ2) is 4.49. The molecule has 1 heterocycles. The van der Waals surface area contributed by atoms with Crippen molar-refractivity contribution in [2.45, 2.75) is 32.1 Å². The van der Waals surface area contributed by atoms with Gasteiger partial charge in [0.1, 0.15) is 0 Å². The molecule has 0 bridgehead atoms. The zero-order valence-electron chi connectivity index (χ0n) is 9.95. The first kappa shape index (κ1) is 10.8. The van der Waals surface area contributed by atoms with Gasteiger partial charge in [0.05, 0.1) is 19.6 Å². The summed E-state index contributed by atoms with van der Waals surface area (Å²) in [7, 11) is 0. The lowest BCUT2D eigenvalue weighted by atomic mass is 10.0. The first-order valence-electron chi connectivity index (χ1n) is 6.37. The molecule has 1 aliphatic heterocycles. The van der Waals surface area contributed by atoms with Crippen LogP contribution in [-0.2, 0) is 28.9 Å². The van der Waals surface area contributed by atoms with E-state index in [0.29, 0.717) is 13.0 Å². The first-order valence-corrected chi connectivity index (χ1v) is 6.37. The maximum Gasteiger partial charge on any atom is 0.250 e. The van der Waals surface area contributed by atoms with Crippen molar-refractivity contribution < 1.29 is 9.63 Å². The Balaban J connectivity index is 1.70. The quantitative estimate of drug-likeness (QED) is 0.777. The van der Waals surface area contributed by atoms with Crippen LogP contribution in [0.3, 0.4) is 0 Å². The molecule has 0 atom stereocenters. The van der Waals surface area contributed by atoms with Crippen molar-refractivity contribution in [1.29, 1.82) is 0 Å². The first-order chi connectivity index (χ1) is 8.33. The molecule has 0 unspecified atom stereocenters. The predicted octanol–water partition coefficient (Wildman–Crippen LogP) is 1.88. The van der Waals surface area contributed by atoms with Gasteiger partial charge in [-0.15, -0.1) is 0 Å². The maximum absolute atomic E-state index is 11.9. The summed E-state index contributed by atoms with van der Waals surface area (Å²) in [6.45, 7) is 1.42. The Morgan fingerprint density at radius 3 is 2.94 bits per heavy atom. The lowest BCUT2D eigenvalue weighted by Gasteiger charge is -2.14. The molecule has 1 aromatic carbocycles. The zero-order valence-corrected chi connectivity index (χ0v) is 9.95. The second-order valence-corrected chi connectivity index (χ2v) is 4.82. The molecule has 0 spiro atoms. The van der Waals surface area contributed by atoms with Crippen molar-refractivity contribution in [2.75, 3.05) is 13.2 Å². The molecule has 3 nitrogen and oxygen atoms in total. The number of hydroxylamine groups is 2. The number of nitrogens with zero attached hydrogens (tertiary/aromatic N) is 1. The summed E-state index contributed by atoms with van der Waals surface area (Å²) in [5.41, 5.74) is 4.00. The number of carbonyl (C=O) groups is 1. The Hall–Kier alpha value is -1.35. The normalized spacial score (nSPS) is 18.5. The number of carbonyl (C=O) groups excluding carboxylic acids is 1. The third-order valence-electron chi connectivity index (χ3n) is 3.55. The number of hydrogen-bond donors (Lipinski definition) is 0. The van der Waals surface area contributed by atoms with Crippen molar-refractivity contribution in [1.82, 2.24) is 5.06 Å². The van der Waals surface area contributed by atoms with Crippen LogP contribution in [0.5, 0.6) is 0 Å². The molecule has 0 radical (unpaired) electrons. The SMILES string of the molecule is O=C(Cc1ccc2c(c1)CCC2)N1CCCO1. The van der Waals surface area contributed by atoms with Crippen LogP contribution in [0.1, 0.15) is 29.5 Å². The van der Waals surface area contributed by atoms with Crippen molar-refractivity contribution in [2.24, 2.45) is 0 Å². The lowest BCUT2D eigenvalue weighted by Crippen LogP contribution is -2.28. The lowest BCUT2D eigenvalue weighted by molar-refractivity contribution is -0.167. The minimum atomic E-state index is 0.0837. The standard InChI is InChI=1S/C14H17NO2/c16-14(15-7-2-8-17-15)10-11-5-6-12-3-1-4-13(12)9-11/h5-6,9H,1-4,7-8,10H2. The van der Waals surface area contributed by atoms with Gasteiger partial charge >= 0.3 is 0 Å². The monoisotopic (exact) mass is 231 g/mol. The van der Waals surface area contributed by atoms with Gasteiger partial charge < -0.3 is 0 Å². The topological polar surface area (TPSA) is 29.5 Å². The molecule has 0 N–H and O–H groups in total. The van der Waals surface area contributed by atoms with Gasteiger partial charge in [-0.3, -0.25) is 9.63 Å². The van der Waals surface area contributed by atoms with Crippen LogP contribution in [-0.4, -0.2) is 24.1 Å². The van der Waals surface area contributed by atoms with Gasteiger partial charge in [0, 0.05) is 0 Å². The number of benzene rings is 1. The largest absolute Gasteiger partial charge is 0.272 e. The number of aryl methyl sites for hydroxylation is 2. The fourth-order valence-corrected chi connectivity index (χ4v) is 2.64. The van der Waals surface area contributed by atoms with Gasteiger partial charge in [0.2, 0.25) is 0 Å². The average Bonchev–Trinajstić information content (AvgIpc) is 2.99. The van der Waals surface area contributed by atoms with E-state index in [-0.39, 0.29) is 5.91 Å². The third-order valence-corrected chi connectivity index (χ3v) is 3.55. The van der Waals surface area contributed by atoms with Gasteiger partial charge in [-0.2, -0.15) is 0 Å². The van der Waals surface area contributed by atoms with E-state index in [0.717, 1.165) is 24.9 Å². The summed E-state index contributed by atoms with van der Waals surface area (Å²) in [5.74, 6) is 0.0837. The smallest absolute Gasteiger partial charge is 0.250 e. The molecule has 0 saturated carbocycles. The molecule has 0 aromatic heterocycles. The summed E-state index contributed by atoms with van der Waals surface area (Å²) < 4.78 is 0. The van der Waals surface area contributed by atoms with Gasteiger partial charge in [0.15, 0.2) is 0 Å². The molecule has 17 heavy (non-hydrogen) atoms. The number of amides is 1. The van der Waals surface area contributed by atoms with E-state index < -0.39 is 0 Å². The van der Waals surface area contributed by atoms with Crippen LogP contribution in [0.15, 0.2) is 18.2 Å². The second-order valence-electron chi connectivity index (χ2n) is 4.82. The number of rotatable bonds is 2. The van der Waals surface area contributed by atoms with E-state index in [9.17, 15) is 4.79 Å². The number of hydrogen-bond acceptors (Lipinski definition) is 2. The zero-order chi connectivity index (χ0) is 11.7. The Labute approximate surface area is 101 Å². The summed E-state index contributed by atoms with van der Waals surface area (Å²) in [6.07, 6.45) is 5.03. The molecular weight excluding hydrogens is 214 g/mol. The summed E-state index contributed by atoms with van der Waals surface area (Å²) in [5, 5.41) is 1.51. The molecule has 3 rings (SSSR count). The Morgan fingerprint density at radius 1 is 1.24 bits per heavy atom. The highest BCUT2D eigenvalue weighted by molar-refractivity contribution is 5.78. The van der Waals surface area contributed by atoms with Gasteiger partial charge in [-0.05, 0) is 42.4 Å². The molecule has 90 valence electrons. The van der Waals surface area contributed by atoms with Gasteiger partial charge in [-0.1, -0.05) is 18.2 Å². The van der Waals surface area contributed by atoms with Gasteiger partial charge in [0.25, 0.3) is 5.91 Å². The summed E-state index contributed by atoms with van der Waals surface area (Å²) in [6, 6.07) is 6.45. The minimum Gasteiger partial charge on any atom is -0.272 e. The minimum absolute atomic E-state index is 0.0837. The van der Waals surface area contributed by atoms with Crippen LogP contribution in [0, 0.1) is 0 Å². The highest BCUT2D eigenvalue weighted by Gasteiger charge is 2.20. The molecular formula is C14H17NO2. The predicted molar refractivity (Wildman–Crippen MR) is 64.5 cm³/mol. The van der Waals surface area contributed by atoms with Crippen molar-refractivity contribution in [3.05, 3.63) is 34.9 Å². The van der Waals surface area contributed by atoms with Crippen LogP contribution >= 0.6 is 0 Å². The molecule has 2 aliphatic rings. The maximum atomic E-state index is 11.9. The summed E-state index contributed by atoms with van der Waals surface area (Å²) >= 11 is 0. The molecule has 3 heteroatoms. The van der Waals surface area contributed by atoms with Crippen LogP contribution in [0.25, 0.3) is 0 Å². The van der Waals surface area contributed by atoms with E-state index in [4.69, 9.17) is 4.84 Å². The molecule has 1 fully saturated rings. The molecule has 1 aromatic rings. The average molecular weight is 231 g/mol. The van der Waals surface area contributed by atoms with Gasteiger partial charge in [-0.25, -0.2) is 5.06 Å². The van der Waals surface area contributed by atoms with Crippen molar-refractivity contribution >= 4 is 5.91 Å². The Bertz CT molecular complexity index is 436. The fraction of sp³-hybridized carbons (Fsp3) is 0.500. The van der Waals surface area contributed by atoms with E-state index >= 15 is 0 Å². The highest BCUT2D eigenvalue weighted by Crippen LogP contribution is 2.23. The fourth-order valence-electron chi connectivity index (χ4n) is 2.64. The summed E-state index contributed by atoms with van der Waals surface area (Å²) in [4.78, 5) is 17.2. The van der Waals surface area contributed by atoms with Crippen LogP contribution in [0.2, 0.25) is 0 Å². The van der Waals surface area contributed by atoms with E-state index in [1.807, 2.05) is 0 Å². The van der Waals surface area contributed by atoms with E-state index in [2.05, 4.69) is 18.2 Å². The van der Waals surface area contributed by atoms with Crippen LogP contribution < -0.4 is 0 Å². The molecule has 1 aliphatic carbocycles. The Morgan fingerprint density at radius 2 is 2.12 bits per heavy atom. The van der Waals surface area contributed by atoms with Crippen molar-refractivity contribution in [3.8, 4) is 0 Å². The number of fused-ring (bicyclic) bond motifs is 1. The van der Waals surface area contributed by atoms with Crippen molar-refractivity contribution in [3.63, 3.8) is 0 Å². The third kappa shape index (κ3) is 2.20. The van der Waals surface area contributed by atoms with E-state index in [1.54, 1.807) is 0 Å². The Kier molecular flexibility index (Phi) is 2.85. The highest BCUT2D eigenvalue weighted by atomic mass is 16.7. The molecule has 1 amide bonds. The van der Waals surface area contributed by atoms with Crippen LogP contribution in [0.4, 0.5) is 0 Å². The molecule has 1 saturated heterocycles.